The molecule has 1 heterocycles. The molecular formula is C16H21NO. The lowest BCUT2D eigenvalue weighted by Crippen LogP contribution is -2.30. The Morgan fingerprint density at radius 1 is 1.28 bits per heavy atom. The van der Waals surface area contributed by atoms with Gasteiger partial charge in [-0.15, -0.1) is 0 Å². The summed E-state index contributed by atoms with van der Waals surface area (Å²) in [5, 5.41) is 0. The first kappa shape index (κ1) is 14.1. The molecule has 0 fully saturated rings. The Kier molecular flexibility index (Phi) is 5.78. The second kappa shape index (κ2) is 7.38. The number of para-hydroxylation sites is 1. The summed E-state index contributed by atoms with van der Waals surface area (Å²) >= 11 is 0. The molecule has 1 aromatic carbocycles. The largest absolute Gasteiger partial charge is 0.473 e. The topological polar surface area (TPSA) is 12.5 Å². The first-order valence-corrected chi connectivity index (χ1v) is 6.26. The van der Waals surface area contributed by atoms with Crippen LogP contribution in [-0.4, -0.2) is 11.6 Å². The number of rotatable bonds is 3. The lowest BCUT2D eigenvalue weighted by molar-refractivity contribution is 0.132. The molecule has 1 aliphatic rings. The van der Waals surface area contributed by atoms with Crippen LogP contribution in [0.4, 0.5) is 0 Å². The number of ether oxygens (including phenoxy) is 1. The number of fused-ring (bicyclic) bond motifs is 1. The van der Waals surface area contributed by atoms with Crippen LogP contribution in [0.3, 0.4) is 0 Å². The molecule has 0 aliphatic carbocycles. The maximum atomic E-state index is 5.67. The zero-order valence-electron chi connectivity index (χ0n) is 11.2. The zero-order chi connectivity index (χ0) is 13.4. The number of hydrogen-bond acceptors (Lipinski definition) is 2. The SMILES string of the molecule is C=C/C=C(\C=C)N1COc2ccccc2C1.CC. The average molecular weight is 243 g/mol. The Hall–Kier alpha value is -1.96. The molecule has 0 spiro atoms. The summed E-state index contributed by atoms with van der Waals surface area (Å²) in [6, 6.07) is 8.09. The van der Waals surface area contributed by atoms with Crippen molar-refractivity contribution in [1.82, 2.24) is 4.90 Å². The molecule has 96 valence electrons. The van der Waals surface area contributed by atoms with Crippen molar-refractivity contribution in [3.63, 3.8) is 0 Å². The van der Waals surface area contributed by atoms with Crippen molar-refractivity contribution >= 4 is 0 Å². The Morgan fingerprint density at radius 2 is 2.00 bits per heavy atom. The molecule has 0 bridgehead atoms. The maximum absolute atomic E-state index is 5.67. The predicted molar refractivity (Wildman–Crippen MR) is 77.3 cm³/mol. The fourth-order valence-electron chi connectivity index (χ4n) is 1.76. The highest BCUT2D eigenvalue weighted by atomic mass is 16.5. The molecule has 0 saturated heterocycles. The lowest BCUT2D eigenvalue weighted by atomic mass is 10.1. The van der Waals surface area contributed by atoms with Gasteiger partial charge in [0.1, 0.15) is 5.75 Å². The number of nitrogens with zero attached hydrogens (tertiary/aromatic N) is 1. The minimum Gasteiger partial charge on any atom is -0.473 e. The van der Waals surface area contributed by atoms with Gasteiger partial charge in [0.15, 0.2) is 6.73 Å². The van der Waals surface area contributed by atoms with Crippen LogP contribution >= 0.6 is 0 Å². The van der Waals surface area contributed by atoms with Gasteiger partial charge in [0.25, 0.3) is 0 Å². The van der Waals surface area contributed by atoms with Crippen molar-refractivity contribution in [2.75, 3.05) is 6.73 Å². The molecule has 0 amide bonds. The molecule has 18 heavy (non-hydrogen) atoms. The van der Waals surface area contributed by atoms with Crippen molar-refractivity contribution in [3.8, 4) is 5.75 Å². The van der Waals surface area contributed by atoms with E-state index in [1.165, 1.54) is 5.56 Å². The van der Waals surface area contributed by atoms with Gasteiger partial charge >= 0.3 is 0 Å². The van der Waals surface area contributed by atoms with Crippen LogP contribution in [-0.2, 0) is 6.54 Å². The number of allylic oxidation sites excluding steroid dienone is 3. The third kappa shape index (κ3) is 3.27. The number of hydrogen-bond donors (Lipinski definition) is 0. The molecule has 0 atom stereocenters. The van der Waals surface area contributed by atoms with Gasteiger partial charge in [-0.1, -0.05) is 51.3 Å². The molecule has 2 rings (SSSR count). The van der Waals surface area contributed by atoms with Crippen molar-refractivity contribution in [2.45, 2.75) is 20.4 Å². The average Bonchev–Trinajstić information content (AvgIpc) is 2.46. The van der Waals surface area contributed by atoms with Gasteiger partial charge in [-0.05, 0) is 18.2 Å². The van der Waals surface area contributed by atoms with Crippen LogP contribution in [0, 0.1) is 0 Å². The monoisotopic (exact) mass is 243 g/mol. The summed E-state index contributed by atoms with van der Waals surface area (Å²) in [5.41, 5.74) is 2.23. The standard InChI is InChI=1S/C14H15NO.C2H6/c1-3-7-13(4-2)15-10-12-8-5-6-9-14(12)16-11-15;1-2/h3-9H,1-2,10-11H2;1-2H3/b13-7+;. The Bertz CT molecular complexity index is 434. The summed E-state index contributed by atoms with van der Waals surface area (Å²) in [7, 11) is 0. The predicted octanol–water partition coefficient (Wildman–Crippen LogP) is 4.12. The second-order valence-electron chi connectivity index (χ2n) is 3.61. The highest BCUT2D eigenvalue weighted by Gasteiger charge is 2.16. The Morgan fingerprint density at radius 3 is 2.67 bits per heavy atom. The summed E-state index contributed by atoms with van der Waals surface area (Å²) in [6.45, 7) is 12.9. The van der Waals surface area contributed by atoms with E-state index in [2.05, 4.69) is 24.1 Å². The van der Waals surface area contributed by atoms with Gasteiger partial charge in [-0.3, -0.25) is 0 Å². The zero-order valence-corrected chi connectivity index (χ0v) is 11.2. The van der Waals surface area contributed by atoms with E-state index in [0.717, 1.165) is 18.0 Å². The maximum Gasteiger partial charge on any atom is 0.161 e. The van der Waals surface area contributed by atoms with Crippen LogP contribution in [0.2, 0.25) is 0 Å². The Labute approximate surface area is 110 Å². The van der Waals surface area contributed by atoms with E-state index in [0.29, 0.717) is 6.73 Å². The third-order valence-corrected chi connectivity index (χ3v) is 2.57. The second-order valence-corrected chi connectivity index (χ2v) is 3.61. The molecular weight excluding hydrogens is 222 g/mol. The molecule has 0 N–H and O–H groups in total. The number of benzene rings is 1. The van der Waals surface area contributed by atoms with Crippen LogP contribution in [0.15, 0.2) is 61.3 Å². The normalized spacial score (nSPS) is 13.7. The highest BCUT2D eigenvalue weighted by molar-refractivity contribution is 5.35. The molecule has 0 aromatic heterocycles. The van der Waals surface area contributed by atoms with Crippen LogP contribution < -0.4 is 4.74 Å². The van der Waals surface area contributed by atoms with Crippen LogP contribution in [0.5, 0.6) is 5.75 Å². The molecule has 1 aliphatic heterocycles. The van der Waals surface area contributed by atoms with E-state index in [9.17, 15) is 0 Å². The van der Waals surface area contributed by atoms with E-state index in [1.54, 1.807) is 6.08 Å². The molecule has 0 radical (unpaired) electrons. The van der Waals surface area contributed by atoms with E-state index >= 15 is 0 Å². The van der Waals surface area contributed by atoms with Gasteiger partial charge in [-0.2, -0.15) is 0 Å². The van der Waals surface area contributed by atoms with Crippen molar-refractivity contribution in [2.24, 2.45) is 0 Å². The van der Waals surface area contributed by atoms with Crippen molar-refractivity contribution < 1.29 is 4.74 Å². The minimum absolute atomic E-state index is 0.558. The van der Waals surface area contributed by atoms with Crippen LogP contribution in [0.25, 0.3) is 0 Å². The third-order valence-electron chi connectivity index (χ3n) is 2.57. The molecule has 1 aromatic rings. The highest BCUT2D eigenvalue weighted by Crippen LogP contribution is 2.26. The van der Waals surface area contributed by atoms with Gasteiger partial charge < -0.3 is 9.64 Å². The van der Waals surface area contributed by atoms with Gasteiger partial charge in [0.2, 0.25) is 0 Å². The Balaban J connectivity index is 0.000000771. The summed E-state index contributed by atoms with van der Waals surface area (Å²) in [6.07, 6.45) is 5.51. The lowest BCUT2D eigenvalue weighted by Gasteiger charge is -2.31. The van der Waals surface area contributed by atoms with E-state index in [4.69, 9.17) is 4.74 Å². The first-order chi connectivity index (χ1) is 8.85. The van der Waals surface area contributed by atoms with Gasteiger partial charge in [0, 0.05) is 17.8 Å². The van der Waals surface area contributed by atoms with E-state index < -0.39 is 0 Å². The summed E-state index contributed by atoms with van der Waals surface area (Å²) < 4.78 is 5.67. The smallest absolute Gasteiger partial charge is 0.161 e. The molecule has 2 heteroatoms. The first-order valence-electron chi connectivity index (χ1n) is 6.26. The minimum atomic E-state index is 0.558. The molecule has 0 unspecified atom stereocenters. The van der Waals surface area contributed by atoms with Crippen molar-refractivity contribution in [1.29, 1.82) is 0 Å². The van der Waals surface area contributed by atoms with Gasteiger partial charge in [-0.25, -0.2) is 0 Å². The molecule has 0 saturated carbocycles. The van der Waals surface area contributed by atoms with Crippen molar-refractivity contribution in [3.05, 3.63) is 66.9 Å². The van der Waals surface area contributed by atoms with Gasteiger partial charge in [0.05, 0.1) is 0 Å². The quantitative estimate of drug-likeness (QED) is 0.740. The fraction of sp³-hybridized carbons (Fsp3) is 0.250. The fourth-order valence-corrected chi connectivity index (χ4v) is 1.76. The summed E-state index contributed by atoms with van der Waals surface area (Å²) in [5.74, 6) is 0.973. The van der Waals surface area contributed by atoms with Crippen LogP contribution in [0.1, 0.15) is 19.4 Å². The summed E-state index contributed by atoms with van der Waals surface area (Å²) in [4.78, 5) is 2.12. The molecule has 2 nitrogen and oxygen atoms in total. The van der Waals surface area contributed by atoms with E-state index in [1.807, 2.05) is 44.2 Å². The van der Waals surface area contributed by atoms with E-state index in [-0.39, 0.29) is 0 Å².